The number of benzene rings is 2. The second-order valence-corrected chi connectivity index (χ2v) is 5.44. The Morgan fingerprint density at radius 3 is 2.56 bits per heavy atom. The second kappa shape index (κ2) is 8.50. The van der Waals surface area contributed by atoms with Gasteiger partial charge in [-0.25, -0.2) is 0 Å². The lowest BCUT2D eigenvalue weighted by atomic mass is 10.1. The molecular formula is C19H19N3O3. The Hall–Kier alpha value is -3.33. The largest absolute Gasteiger partial charge is 0.483 e. The van der Waals surface area contributed by atoms with E-state index in [4.69, 9.17) is 15.7 Å². The summed E-state index contributed by atoms with van der Waals surface area (Å²) >= 11 is 0. The van der Waals surface area contributed by atoms with Gasteiger partial charge in [-0.05, 0) is 36.8 Å². The highest BCUT2D eigenvalue weighted by Gasteiger charge is 2.17. The summed E-state index contributed by atoms with van der Waals surface area (Å²) in [6.45, 7) is 1.85. The number of hydrogen-bond donors (Lipinski definition) is 1. The van der Waals surface area contributed by atoms with Gasteiger partial charge in [0.1, 0.15) is 5.75 Å². The number of anilines is 1. The number of primary amides is 1. The number of nitrogens with two attached hydrogens (primary N) is 1. The van der Waals surface area contributed by atoms with Gasteiger partial charge in [-0.1, -0.05) is 24.3 Å². The Bertz CT molecular complexity index is 797. The molecule has 6 nitrogen and oxygen atoms in total. The third kappa shape index (κ3) is 4.82. The molecule has 2 amide bonds. The normalized spacial score (nSPS) is 9.92. The fraction of sp³-hybridized carbons (Fsp3) is 0.211. The molecule has 128 valence electrons. The Morgan fingerprint density at radius 1 is 1.20 bits per heavy atom. The molecule has 2 rings (SSSR count). The van der Waals surface area contributed by atoms with E-state index in [0.717, 1.165) is 5.56 Å². The molecule has 0 bridgehead atoms. The molecule has 0 aliphatic rings. The van der Waals surface area contributed by atoms with Gasteiger partial charge in [-0.2, -0.15) is 5.26 Å². The van der Waals surface area contributed by atoms with Gasteiger partial charge in [0.05, 0.1) is 18.1 Å². The van der Waals surface area contributed by atoms with E-state index in [0.29, 0.717) is 5.69 Å². The Morgan fingerprint density at radius 2 is 1.92 bits per heavy atom. The van der Waals surface area contributed by atoms with Gasteiger partial charge in [-0.15, -0.1) is 0 Å². The Kier molecular flexibility index (Phi) is 6.13. The number of hydrogen-bond acceptors (Lipinski definition) is 4. The van der Waals surface area contributed by atoms with E-state index in [2.05, 4.69) is 0 Å². The standard InChI is InChI=1S/C19H19N3O3/c1-14-8-9-16(19(21)24)17(12-14)25-13-18(23)22(11-5-10-20)15-6-3-2-4-7-15/h2-4,6-9,12H,5,11,13H2,1H3,(H2,21,24). The quantitative estimate of drug-likeness (QED) is 0.839. The highest BCUT2D eigenvalue weighted by atomic mass is 16.5. The van der Waals surface area contributed by atoms with Crippen LogP contribution in [0, 0.1) is 18.3 Å². The summed E-state index contributed by atoms with van der Waals surface area (Å²) < 4.78 is 5.55. The summed E-state index contributed by atoms with van der Waals surface area (Å²) in [5, 5.41) is 8.81. The number of carbonyl (C=O) groups is 2. The van der Waals surface area contributed by atoms with E-state index >= 15 is 0 Å². The van der Waals surface area contributed by atoms with Crippen LogP contribution in [-0.2, 0) is 4.79 Å². The number of nitrogens with zero attached hydrogens (tertiary/aromatic N) is 2. The molecule has 0 aromatic heterocycles. The van der Waals surface area contributed by atoms with Crippen LogP contribution in [-0.4, -0.2) is 25.0 Å². The van der Waals surface area contributed by atoms with E-state index in [1.165, 1.54) is 4.90 Å². The predicted octanol–water partition coefficient (Wildman–Crippen LogP) is 2.42. The smallest absolute Gasteiger partial charge is 0.264 e. The predicted molar refractivity (Wildman–Crippen MR) is 94.2 cm³/mol. The number of carbonyl (C=O) groups excluding carboxylic acids is 2. The third-order valence-electron chi connectivity index (χ3n) is 3.57. The maximum Gasteiger partial charge on any atom is 0.264 e. The molecule has 0 aliphatic heterocycles. The van der Waals surface area contributed by atoms with Crippen LogP contribution in [0.5, 0.6) is 5.75 Å². The molecule has 25 heavy (non-hydrogen) atoms. The average Bonchev–Trinajstić information content (AvgIpc) is 2.61. The van der Waals surface area contributed by atoms with Gasteiger partial charge < -0.3 is 15.4 Å². The van der Waals surface area contributed by atoms with Crippen molar-refractivity contribution in [3.63, 3.8) is 0 Å². The van der Waals surface area contributed by atoms with E-state index in [9.17, 15) is 9.59 Å². The molecule has 0 unspecified atom stereocenters. The molecule has 0 spiro atoms. The topological polar surface area (TPSA) is 96.4 Å². The van der Waals surface area contributed by atoms with Crippen molar-refractivity contribution in [2.75, 3.05) is 18.1 Å². The van der Waals surface area contributed by atoms with Crippen molar-refractivity contribution < 1.29 is 14.3 Å². The van der Waals surface area contributed by atoms with Gasteiger partial charge in [-0.3, -0.25) is 9.59 Å². The van der Waals surface area contributed by atoms with Crippen LogP contribution in [0.15, 0.2) is 48.5 Å². The molecule has 2 aromatic rings. The summed E-state index contributed by atoms with van der Waals surface area (Å²) in [4.78, 5) is 25.5. The van der Waals surface area contributed by atoms with Crippen molar-refractivity contribution in [2.45, 2.75) is 13.3 Å². The number of nitriles is 1. The van der Waals surface area contributed by atoms with Crippen LogP contribution in [0.1, 0.15) is 22.3 Å². The molecule has 2 N–H and O–H groups in total. The van der Waals surface area contributed by atoms with E-state index in [1.54, 1.807) is 30.3 Å². The van der Waals surface area contributed by atoms with Crippen molar-refractivity contribution in [3.8, 4) is 11.8 Å². The summed E-state index contributed by atoms with van der Waals surface area (Å²) in [6.07, 6.45) is 0.206. The molecule has 0 aliphatic carbocycles. The monoisotopic (exact) mass is 337 g/mol. The van der Waals surface area contributed by atoms with Crippen molar-refractivity contribution in [1.29, 1.82) is 5.26 Å². The first kappa shape index (κ1) is 18.0. The molecule has 0 atom stereocenters. The number of rotatable bonds is 7. The van der Waals surface area contributed by atoms with Gasteiger partial charge >= 0.3 is 0 Å². The van der Waals surface area contributed by atoms with Crippen molar-refractivity contribution >= 4 is 17.5 Å². The maximum absolute atomic E-state index is 12.6. The molecule has 0 heterocycles. The van der Waals surface area contributed by atoms with Crippen LogP contribution in [0.25, 0.3) is 0 Å². The van der Waals surface area contributed by atoms with E-state index in [1.807, 2.05) is 31.2 Å². The van der Waals surface area contributed by atoms with Gasteiger partial charge in [0.25, 0.3) is 11.8 Å². The molecule has 0 saturated carbocycles. The minimum atomic E-state index is -0.619. The lowest BCUT2D eigenvalue weighted by Crippen LogP contribution is -2.36. The number of aryl methyl sites for hydroxylation is 1. The highest BCUT2D eigenvalue weighted by molar-refractivity contribution is 5.97. The number of amides is 2. The summed E-state index contributed by atoms with van der Waals surface area (Å²) in [6, 6.07) is 16.1. The van der Waals surface area contributed by atoms with Crippen LogP contribution in [0.2, 0.25) is 0 Å². The number of ether oxygens (including phenoxy) is 1. The molecule has 0 fully saturated rings. The minimum Gasteiger partial charge on any atom is -0.483 e. The molecule has 0 saturated heterocycles. The van der Waals surface area contributed by atoms with Crippen molar-refractivity contribution in [3.05, 3.63) is 59.7 Å². The summed E-state index contributed by atoms with van der Waals surface area (Å²) in [5.74, 6) is -0.653. The first-order valence-corrected chi connectivity index (χ1v) is 7.78. The molecular weight excluding hydrogens is 318 g/mol. The van der Waals surface area contributed by atoms with Crippen molar-refractivity contribution in [2.24, 2.45) is 5.73 Å². The third-order valence-corrected chi connectivity index (χ3v) is 3.57. The fourth-order valence-electron chi connectivity index (χ4n) is 2.34. The molecule has 6 heteroatoms. The first-order chi connectivity index (χ1) is 12.0. The van der Waals surface area contributed by atoms with Crippen LogP contribution >= 0.6 is 0 Å². The fourth-order valence-corrected chi connectivity index (χ4v) is 2.34. The van der Waals surface area contributed by atoms with Crippen LogP contribution in [0.4, 0.5) is 5.69 Å². The van der Waals surface area contributed by atoms with Gasteiger partial charge in [0.2, 0.25) is 0 Å². The van der Waals surface area contributed by atoms with Gasteiger partial charge in [0, 0.05) is 12.2 Å². The maximum atomic E-state index is 12.6. The average molecular weight is 337 g/mol. The lowest BCUT2D eigenvalue weighted by Gasteiger charge is -2.22. The lowest BCUT2D eigenvalue weighted by molar-refractivity contribution is -0.120. The molecule has 0 radical (unpaired) electrons. The summed E-state index contributed by atoms with van der Waals surface area (Å²) in [5.41, 5.74) is 7.13. The Balaban J connectivity index is 2.15. The zero-order valence-corrected chi connectivity index (χ0v) is 13.9. The minimum absolute atomic E-state index is 0.206. The number of para-hydroxylation sites is 1. The molecule has 2 aromatic carbocycles. The Labute approximate surface area is 146 Å². The van der Waals surface area contributed by atoms with Crippen molar-refractivity contribution in [1.82, 2.24) is 0 Å². The summed E-state index contributed by atoms with van der Waals surface area (Å²) in [7, 11) is 0. The zero-order chi connectivity index (χ0) is 18.2. The SMILES string of the molecule is Cc1ccc(C(N)=O)c(OCC(=O)N(CCC#N)c2ccccc2)c1. The highest BCUT2D eigenvalue weighted by Crippen LogP contribution is 2.21. The van der Waals surface area contributed by atoms with E-state index in [-0.39, 0.29) is 36.8 Å². The van der Waals surface area contributed by atoms with Gasteiger partial charge in [0.15, 0.2) is 6.61 Å². The first-order valence-electron chi connectivity index (χ1n) is 7.78. The second-order valence-electron chi connectivity index (χ2n) is 5.44. The zero-order valence-electron chi connectivity index (χ0n) is 13.9. The van der Waals surface area contributed by atoms with E-state index < -0.39 is 5.91 Å². The van der Waals surface area contributed by atoms with Crippen LogP contribution in [0.3, 0.4) is 0 Å². The van der Waals surface area contributed by atoms with Crippen LogP contribution < -0.4 is 15.4 Å².